The summed E-state index contributed by atoms with van der Waals surface area (Å²) in [5, 5.41) is 4.61. The van der Waals surface area contributed by atoms with Crippen LogP contribution >= 0.6 is 0 Å². The average Bonchev–Trinajstić information content (AvgIpc) is 2.45. The van der Waals surface area contributed by atoms with E-state index in [9.17, 15) is 14.4 Å². The number of carbonyl (C=O) groups is 3. The lowest BCUT2D eigenvalue weighted by Gasteiger charge is -2.18. The normalized spacial score (nSPS) is 12.9. The van der Waals surface area contributed by atoms with Crippen molar-refractivity contribution in [2.75, 3.05) is 0 Å². The zero-order valence-corrected chi connectivity index (χ0v) is 14.6. The van der Waals surface area contributed by atoms with E-state index in [0.29, 0.717) is 5.75 Å². The number of benzene rings is 1. The first-order valence-electron chi connectivity index (χ1n) is 7.74. The summed E-state index contributed by atoms with van der Waals surface area (Å²) in [4.78, 5) is 35.2. The second kappa shape index (κ2) is 8.90. The van der Waals surface area contributed by atoms with Gasteiger partial charge in [0.05, 0.1) is 0 Å². The van der Waals surface area contributed by atoms with E-state index in [0.717, 1.165) is 5.56 Å². The van der Waals surface area contributed by atoms with Gasteiger partial charge in [0.2, 0.25) is 0 Å². The fourth-order valence-corrected chi connectivity index (χ4v) is 1.78. The minimum absolute atomic E-state index is 0.113. The summed E-state index contributed by atoms with van der Waals surface area (Å²) >= 11 is 0. The van der Waals surface area contributed by atoms with E-state index in [1.54, 1.807) is 26.0 Å². The van der Waals surface area contributed by atoms with Gasteiger partial charge in [-0.15, -0.1) is 0 Å². The van der Waals surface area contributed by atoms with E-state index in [1.807, 2.05) is 19.1 Å². The van der Waals surface area contributed by atoms with Gasteiger partial charge in [0.1, 0.15) is 5.75 Å². The van der Waals surface area contributed by atoms with Crippen LogP contribution < -0.4 is 15.4 Å². The molecule has 0 aliphatic rings. The quantitative estimate of drug-likeness (QED) is 0.774. The topological polar surface area (TPSA) is 93.7 Å². The Morgan fingerprint density at radius 3 is 2.29 bits per heavy atom. The molecule has 0 radical (unpaired) electrons. The molecule has 1 aromatic rings. The second-order valence-corrected chi connectivity index (χ2v) is 5.77. The smallest absolute Gasteiger partial charge is 0.347 e. The van der Waals surface area contributed by atoms with E-state index in [2.05, 4.69) is 10.6 Å². The van der Waals surface area contributed by atoms with Gasteiger partial charge in [-0.3, -0.25) is 10.1 Å². The van der Waals surface area contributed by atoms with E-state index in [-0.39, 0.29) is 6.04 Å². The molecule has 1 aromatic carbocycles. The number of amides is 3. The molecule has 0 spiro atoms. The average molecular weight is 336 g/mol. The van der Waals surface area contributed by atoms with Crippen molar-refractivity contribution in [2.45, 2.75) is 52.9 Å². The molecule has 0 aliphatic carbocycles. The number of hydrogen-bond acceptors (Lipinski definition) is 5. The van der Waals surface area contributed by atoms with Crippen LogP contribution in [-0.2, 0) is 14.3 Å². The molecule has 3 amide bonds. The van der Waals surface area contributed by atoms with E-state index < -0.39 is 30.1 Å². The molecule has 1 rings (SSSR count). The molecule has 0 saturated carbocycles. The molecule has 0 aromatic heterocycles. The monoisotopic (exact) mass is 336 g/mol. The minimum atomic E-state index is -1.11. The summed E-state index contributed by atoms with van der Waals surface area (Å²) in [6.07, 6.45) is -1.99. The van der Waals surface area contributed by atoms with Crippen molar-refractivity contribution in [1.29, 1.82) is 0 Å². The molecule has 2 N–H and O–H groups in total. The Kier molecular flexibility index (Phi) is 7.23. The lowest BCUT2D eigenvalue weighted by Crippen LogP contribution is -2.47. The van der Waals surface area contributed by atoms with Crippen molar-refractivity contribution in [2.24, 2.45) is 0 Å². The van der Waals surface area contributed by atoms with Crippen molar-refractivity contribution in [1.82, 2.24) is 10.6 Å². The predicted octanol–water partition coefficient (Wildman–Crippen LogP) is 1.93. The van der Waals surface area contributed by atoms with Crippen molar-refractivity contribution >= 4 is 17.9 Å². The molecule has 0 saturated heterocycles. The number of imide groups is 1. The molecular formula is C17H24N2O5. The van der Waals surface area contributed by atoms with Crippen molar-refractivity contribution in [3.63, 3.8) is 0 Å². The molecule has 0 unspecified atom stereocenters. The number of urea groups is 1. The molecule has 24 heavy (non-hydrogen) atoms. The van der Waals surface area contributed by atoms with Gasteiger partial charge in [-0.25, -0.2) is 9.59 Å². The van der Waals surface area contributed by atoms with Crippen LogP contribution in [0.3, 0.4) is 0 Å². The molecule has 7 nitrogen and oxygen atoms in total. The van der Waals surface area contributed by atoms with E-state index >= 15 is 0 Å². The molecule has 0 aliphatic heterocycles. The minimum Gasteiger partial charge on any atom is -0.479 e. The molecule has 132 valence electrons. The van der Waals surface area contributed by atoms with Gasteiger partial charge in [0.15, 0.2) is 12.2 Å². The van der Waals surface area contributed by atoms with Gasteiger partial charge in [-0.1, -0.05) is 12.1 Å². The summed E-state index contributed by atoms with van der Waals surface area (Å²) in [5.41, 5.74) is 0.997. The van der Waals surface area contributed by atoms with Crippen LogP contribution in [0.15, 0.2) is 24.3 Å². The Morgan fingerprint density at radius 1 is 1.04 bits per heavy atom. The maximum absolute atomic E-state index is 12.0. The zero-order chi connectivity index (χ0) is 18.3. The van der Waals surface area contributed by atoms with Gasteiger partial charge < -0.3 is 14.8 Å². The van der Waals surface area contributed by atoms with Crippen molar-refractivity contribution in [3.05, 3.63) is 29.8 Å². The van der Waals surface area contributed by atoms with Gasteiger partial charge in [-0.2, -0.15) is 0 Å². The van der Waals surface area contributed by atoms with Crippen LogP contribution in [0.1, 0.15) is 33.3 Å². The first-order chi connectivity index (χ1) is 11.2. The number of esters is 1. The summed E-state index contributed by atoms with van der Waals surface area (Å²) < 4.78 is 10.5. The third kappa shape index (κ3) is 6.68. The van der Waals surface area contributed by atoms with Crippen LogP contribution in [0.4, 0.5) is 4.79 Å². The fraction of sp³-hybridized carbons (Fsp3) is 0.471. The van der Waals surface area contributed by atoms with E-state index in [4.69, 9.17) is 9.47 Å². The highest BCUT2D eigenvalue weighted by atomic mass is 16.6. The maximum Gasteiger partial charge on any atom is 0.347 e. The second-order valence-electron chi connectivity index (χ2n) is 5.77. The van der Waals surface area contributed by atoms with Gasteiger partial charge >= 0.3 is 12.0 Å². The Balaban J connectivity index is 2.50. The van der Waals surface area contributed by atoms with Gasteiger partial charge in [0.25, 0.3) is 5.91 Å². The Hall–Kier alpha value is -2.57. The number of ether oxygens (including phenoxy) is 2. The summed E-state index contributed by atoms with van der Waals surface area (Å²) in [7, 11) is 0. The lowest BCUT2D eigenvalue weighted by molar-refractivity contribution is -0.160. The van der Waals surface area contributed by atoms with Gasteiger partial charge in [-0.05, 0) is 52.3 Å². The molecular weight excluding hydrogens is 312 g/mol. The fourth-order valence-electron chi connectivity index (χ4n) is 1.78. The summed E-state index contributed by atoms with van der Waals surface area (Å²) in [5.74, 6) is -0.861. The summed E-state index contributed by atoms with van der Waals surface area (Å²) in [6, 6.07) is 6.48. The highest BCUT2D eigenvalue weighted by Crippen LogP contribution is 2.14. The number of aryl methyl sites for hydroxylation is 1. The van der Waals surface area contributed by atoms with Gasteiger partial charge in [0, 0.05) is 6.04 Å². The first-order valence-corrected chi connectivity index (χ1v) is 7.74. The van der Waals surface area contributed by atoms with Crippen LogP contribution in [0.5, 0.6) is 5.75 Å². The number of nitrogens with one attached hydrogen (secondary N) is 2. The number of rotatable bonds is 6. The van der Waals surface area contributed by atoms with Crippen LogP contribution in [-0.4, -0.2) is 36.2 Å². The zero-order valence-electron chi connectivity index (χ0n) is 14.6. The molecule has 0 bridgehead atoms. The number of carbonyl (C=O) groups excluding carboxylic acids is 3. The molecule has 7 heteroatoms. The third-order valence-corrected chi connectivity index (χ3v) is 2.95. The standard InChI is InChI=1S/C17H24N2O5/c1-10(2)18-17(22)19-15(20)12(4)24-16(21)13(5)23-14-8-6-7-11(3)9-14/h6-10,12-13H,1-5H3,(H2,18,19,20,22)/t12-,13+/m1/s1. The Morgan fingerprint density at radius 2 is 1.71 bits per heavy atom. The molecule has 2 atom stereocenters. The maximum atomic E-state index is 12.0. The highest BCUT2D eigenvalue weighted by Gasteiger charge is 2.24. The van der Waals surface area contributed by atoms with Crippen LogP contribution in [0.25, 0.3) is 0 Å². The third-order valence-electron chi connectivity index (χ3n) is 2.95. The predicted molar refractivity (Wildman–Crippen MR) is 88.6 cm³/mol. The summed E-state index contributed by atoms with van der Waals surface area (Å²) in [6.45, 7) is 8.34. The largest absolute Gasteiger partial charge is 0.479 e. The Bertz CT molecular complexity index is 600. The highest BCUT2D eigenvalue weighted by molar-refractivity contribution is 5.97. The lowest BCUT2D eigenvalue weighted by atomic mass is 10.2. The Labute approximate surface area is 141 Å². The molecule has 0 heterocycles. The van der Waals surface area contributed by atoms with Crippen molar-refractivity contribution < 1.29 is 23.9 Å². The van der Waals surface area contributed by atoms with Crippen LogP contribution in [0.2, 0.25) is 0 Å². The van der Waals surface area contributed by atoms with E-state index in [1.165, 1.54) is 13.8 Å². The SMILES string of the molecule is Cc1cccc(O[C@@H](C)C(=O)O[C@H](C)C(=O)NC(=O)NC(C)C)c1. The van der Waals surface area contributed by atoms with Crippen LogP contribution in [0, 0.1) is 6.92 Å². The first kappa shape index (κ1) is 19.5. The number of hydrogen-bond donors (Lipinski definition) is 2. The molecule has 0 fully saturated rings. The van der Waals surface area contributed by atoms with Crippen molar-refractivity contribution in [3.8, 4) is 5.75 Å².